The molecule has 0 radical (unpaired) electrons. The Morgan fingerprint density at radius 3 is 2.67 bits per heavy atom. The Labute approximate surface area is 180 Å². The molecule has 2 bridgehead atoms. The van der Waals surface area contributed by atoms with Gasteiger partial charge in [0.15, 0.2) is 0 Å². The summed E-state index contributed by atoms with van der Waals surface area (Å²) >= 11 is 0. The molecule has 1 aromatic heterocycles. The third-order valence-electron chi connectivity index (χ3n) is 6.60. The molecule has 5 heteroatoms. The Morgan fingerprint density at radius 2 is 1.97 bits per heavy atom. The van der Waals surface area contributed by atoms with Crippen molar-refractivity contribution in [2.45, 2.75) is 46.1 Å². The van der Waals surface area contributed by atoms with Gasteiger partial charge in [0.1, 0.15) is 5.75 Å². The molecule has 3 aliphatic heterocycles. The van der Waals surface area contributed by atoms with Gasteiger partial charge in [0.2, 0.25) is 5.91 Å². The van der Waals surface area contributed by atoms with E-state index in [1.165, 1.54) is 5.69 Å². The van der Waals surface area contributed by atoms with Gasteiger partial charge in [-0.05, 0) is 67.0 Å². The molecule has 4 heterocycles. The highest BCUT2D eigenvalue weighted by atomic mass is 16.5. The van der Waals surface area contributed by atoms with Crippen LogP contribution in [-0.4, -0.2) is 48.1 Å². The molecule has 3 aliphatic rings. The lowest BCUT2D eigenvalue weighted by Crippen LogP contribution is -2.54. The fourth-order valence-corrected chi connectivity index (χ4v) is 5.18. The predicted molar refractivity (Wildman–Crippen MR) is 120 cm³/mol. The summed E-state index contributed by atoms with van der Waals surface area (Å²) in [6.07, 6.45) is 6.10. The molecular weight excluding hydrogens is 374 g/mol. The zero-order valence-electron chi connectivity index (χ0n) is 18.4. The topological polar surface area (TPSA) is 45.7 Å². The molecule has 0 aliphatic carbocycles. The third kappa shape index (κ3) is 4.45. The number of hydrogen-bond donors (Lipinski definition) is 0. The fourth-order valence-electron chi connectivity index (χ4n) is 5.18. The van der Waals surface area contributed by atoms with E-state index in [1.54, 1.807) is 6.20 Å². The number of benzene rings is 1. The summed E-state index contributed by atoms with van der Waals surface area (Å²) in [6.45, 7) is 10.1. The Kier molecular flexibility index (Phi) is 5.98. The van der Waals surface area contributed by atoms with Gasteiger partial charge in [-0.15, -0.1) is 0 Å². The smallest absolute Gasteiger partial charge is 0.222 e. The molecule has 3 fully saturated rings. The van der Waals surface area contributed by atoms with E-state index < -0.39 is 0 Å². The van der Waals surface area contributed by atoms with Crippen molar-refractivity contribution in [3.05, 3.63) is 54.4 Å². The van der Waals surface area contributed by atoms with E-state index in [9.17, 15) is 4.79 Å². The average Bonchev–Trinajstić information content (AvgIpc) is 3.01. The standard InChI is InChI=1S/C25H33N3O2/c1-4-30-22-10-8-21(9-11-22)28-17-20-14-25(2,3)23(28)18-27(16-20)24(29)12-7-19-6-5-13-26-15-19/h5-6,8-11,13,15,20,23H,4,7,12,14,16-18H2,1-3H3/t20-,23-/m1/s1. The maximum atomic E-state index is 13.1. The minimum absolute atomic E-state index is 0.167. The van der Waals surface area contributed by atoms with Crippen molar-refractivity contribution in [2.24, 2.45) is 11.3 Å². The van der Waals surface area contributed by atoms with Gasteiger partial charge in [-0.25, -0.2) is 0 Å². The van der Waals surface area contributed by atoms with Gasteiger partial charge in [0, 0.05) is 44.1 Å². The molecule has 0 spiro atoms. The second-order valence-corrected chi connectivity index (χ2v) is 9.31. The number of rotatable bonds is 6. The molecule has 160 valence electrons. The zero-order valence-corrected chi connectivity index (χ0v) is 18.4. The van der Waals surface area contributed by atoms with E-state index >= 15 is 0 Å². The third-order valence-corrected chi connectivity index (χ3v) is 6.60. The molecule has 30 heavy (non-hydrogen) atoms. The molecule has 0 unspecified atom stereocenters. The SMILES string of the molecule is CCOc1ccc(N2C[C@H]3CN(C(=O)CCc4cccnc4)C[C@@H]2C(C)(C)C3)cc1. The van der Waals surface area contributed by atoms with Crippen LogP contribution in [-0.2, 0) is 11.2 Å². The van der Waals surface area contributed by atoms with Gasteiger partial charge >= 0.3 is 0 Å². The second kappa shape index (κ2) is 8.66. The van der Waals surface area contributed by atoms with E-state index in [0.717, 1.165) is 43.8 Å². The average molecular weight is 408 g/mol. The van der Waals surface area contributed by atoms with Gasteiger partial charge in [-0.3, -0.25) is 9.78 Å². The van der Waals surface area contributed by atoms with Crippen molar-refractivity contribution in [1.29, 1.82) is 0 Å². The van der Waals surface area contributed by atoms with E-state index in [-0.39, 0.29) is 11.3 Å². The number of nitrogens with zero attached hydrogens (tertiary/aromatic N) is 3. The number of hydrogen-bond acceptors (Lipinski definition) is 4. The molecule has 5 rings (SSSR count). The Hall–Kier alpha value is -2.56. The Bertz CT molecular complexity index is 850. The predicted octanol–water partition coefficient (Wildman–Crippen LogP) is 4.18. The van der Waals surface area contributed by atoms with Crippen molar-refractivity contribution < 1.29 is 9.53 Å². The minimum Gasteiger partial charge on any atom is -0.494 e. The van der Waals surface area contributed by atoms with Gasteiger partial charge in [-0.1, -0.05) is 19.9 Å². The number of fused-ring (bicyclic) bond motifs is 4. The Morgan fingerprint density at radius 1 is 1.17 bits per heavy atom. The van der Waals surface area contributed by atoms with E-state index in [1.807, 2.05) is 25.3 Å². The number of ether oxygens (including phenoxy) is 1. The van der Waals surface area contributed by atoms with Crippen LogP contribution in [0.4, 0.5) is 5.69 Å². The summed E-state index contributed by atoms with van der Waals surface area (Å²) in [4.78, 5) is 21.9. The molecule has 3 saturated heterocycles. The quantitative estimate of drug-likeness (QED) is 0.721. The van der Waals surface area contributed by atoms with Crippen molar-refractivity contribution in [2.75, 3.05) is 31.1 Å². The van der Waals surface area contributed by atoms with Crippen molar-refractivity contribution >= 4 is 11.6 Å². The first-order chi connectivity index (χ1) is 14.5. The van der Waals surface area contributed by atoms with Crippen LogP contribution in [0.3, 0.4) is 0 Å². The number of anilines is 1. The monoisotopic (exact) mass is 407 g/mol. The van der Waals surface area contributed by atoms with Gasteiger partial charge < -0.3 is 14.5 Å². The van der Waals surface area contributed by atoms with E-state index in [0.29, 0.717) is 25.0 Å². The molecule has 0 N–H and O–H groups in total. The summed E-state index contributed by atoms with van der Waals surface area (Å²) in [5, 5.41) is 0. The first-order valence-corrected chi connectivity index (χ1v) is 11.1. The first kappa shape index (κ1) is 20.7. The number of aromatic nitrogens is 1. The van der Waals surface area contributed by atoms with Crippen LogP contribution >= 0.6 is 0 Å². The highest BCUT2D eigenvalue weighted by Gasteiger charge is 2.46. The Balaban J connectivity index is 1.49. The maximum Gasteiger partial charge on any atom is 0.222 e. The summed E-state index contributed by atoms with van der Waals surface area (Å²) in [7, 11) is 0. The normalized spacial score (nSPS) is 22.6. The lowest BCUT2D eigenvalue weighted by Gasteiger charge is -2.48. The van der Waals surface area contributed by atoms with Gasteiger partial charge in [-0.2, -0.15) is 0 Å². The first-order valence-electron chi connectivity index (χ1n) is 11.1. The van der Waals surface area contributed by atoms with Crippen molar-refractivity contribution in [3.8, 4) is 5.75 Å². The van der Waals surface area contributed by atoms with Gasteiger partial charge in [0.05, 0.1) is 12.6 Å². The molecule has 2 aromatic rings. The van der Waals surface area contributed by atoms with E-state index in [4.69, 9.17) is 4.74 Å². The molecular formula is C25H33N3O2. The summed E-state index contributed by atoms with van der Waals surface area (Å²) in [6, 6.07) is 12.7. The van der Waals surface area contributed by atoms with Crippen LogP contribution < -0.4 is 9.64 Å². The highest BCUT2D eigenvalue weighted by Crippen LogP contribution is 2.43. The number of carbonyl (C=O) groups is 1. The number of piperidine rings is 1. The van der Waals surface area contributed by atoms with Crippen LogP contribution in [0, 0.1) is 11.3 Å². The molecule has 2 atom stereocenters. The highest BCUT2D eigenvalue weighted by molar-refractivity contribution is 5.77. The molecule has 1 aromatic carbocycles. The minimum atomic E-state index is 0.167. The van der Waals surface area contributed by atoms with Crippen LogP contribution in [0.15, 0.2) is 48.8 Å². The lowest BCUT2D eigenvalue weighted by atomic mass is 9.73. The number of pyridine rings is 1. The summed E-state index contributed by atoms with van der Waals surface area (Å²) in [5.41, 5.74) is 2.52. The fraction of sp³-hybridized carbons (Fsp3) is 0.520. The zero-order chi connectivity index (χ0) is 21.1. The maximum absolute atomic E-state index is 13.1. The number of aryl methyl sites for hydroxylation is 1. The lowest BCUT2D eigenvalue weighted by molar-refractivity contribution is -0.131. The van der Waals surface area contributed by atoms with Crippen molar-refractivity contribution in [3.63, 3.8) is 0 Å². The van der Waals surface area contributed by atoms with Crippen LogP contribution in [0.2, 0.25) is 0 Å². The van der Waals surface area contributed by atoms with Gasteiger partial charge in [0.25, 0.3) is 0 Å². The van der Waals surface area contributed by atoms with Crippen LogP contribution in [0.5, 0.6) is 5.75 Å². The summed E-state index contributed by atoms with van der Waals surface area (Å²) in [5.74, 6) is 1.67. The molecule has 1 amide bonds. The summed E-state index contributed by atoms with van der Waals surface area (Å²) < 4.78 is 5.61. The van der Waals surface area contributed by atoms with Crippen molar-refractivity contribution in [1.82, 2.24) is 9.88 Å². The molecule has 5 nitrogen and oxygen atoms in total. The van der Waals surface area contributed by atoms with Crippen LogP contribution in [0.25, 0.3) is 0 Å². The van der Waals surface area contributed by atoms with E-state index in [2.05, 4.69) is 52.9 Å². The van der Waals surface area contributed by atoms with Crippen LogP contribution in [0.1, 0.15) is 39.2 Å². The number of amides is 1. The largest absolute Gasteiger partial charge is 0.494 e. The molecule has 0 saturated carbocycles. The second-order valence-electron chi connectivity index (χ2n) is 9.31. The number of carbonyl (C=O) groups excluding carboxylic acids is 1.